The number of para-hydroxylation sites is 1. The molecule has 24 heavy (non-hydrogen) atoms. The molecule has 3 aromatic rings. The molecular formula is C19H17N3OS. The number of aryl methyl sites for hydroxylation is 2. The highest BCUT2D eigenvalue weighted by atomic mass is 32.1. The van der Waals surface area contributed by atoms with Gasteiger partial charge in [0.25, 0.3) is 5.91 Å². The summed E-state index contributed by atoms with van der Waals surface area (Å²) in [5, 5.41) is 14.2. The Morgan fingerprint density at radius 1 is 1.38 bits per heavy atom. The number of nitrogens with one attached hydrogen (secondary N) is 1. The maximum atomic E-state index is 12.8. The quantitative estimate of drug-likeness (QED) is 0.774. The van der Waals surface area contributed by atoms with Gasteiger partial charge in [-0.15, -0.1) is 11.3 Å². The Kier molecular flexibility index (Phi) is 3.62. The smallest absolute Gasteiger partial charge is 0.272 e. The minimum Gasteiger partial charge on any atom is -0.337 e. The third-order valence-corrected chi connectivity index (χ3v) is 5.83. The summed E-state index contributed by atoms with van der Waals surface area (Å²) in [5.74, 6) is -0.149. The topological polar surface area (TPSA) is 57.8 Å². The standard InChI is InChI=1S/C19H17N3OS/c1-2-22-15-8-4-3-6-12(15)10-16(22)18(23)21-19-14(11-20)13-7-5-9-17(13)24-19/h3-4,6,8,10H,2,5,7,9H2,1H3,(H,21,23). The van der Waals surface area contributed by atoms with Crippen molar-refractivity contribution in [3.63, 3.8) is 0 Å². The summed E-state index contributed by atoms with van der Waals surface area (Å²) in [6.45, 7) is 2.76. The molecule has 4 nitrogen and oxygen atoms in total. The fraction of sp³-hybridized carbons (Fsp3) is 0.263. The summed E-state index contributed by atoms with van der Waals surface area (Å²) in [6, 6.07) is 12.2. The lowest BCUT2D eigenvalue weighted by atomic mass is 10.1. The Bertz CT molecular complexity index is 990. The van der Waals surface area contributed by atoms with E-state index in [1.165, 1.54) is 4.88 Å². The van der Waals surface area contributed by atoms with Gasteiger partial charge in [0.15, 0.2) is 0 Å². The van der Waals surface area contributed by atoms with Gasteiger partial charge in [0.05, 0.1) is 5.56 Å². The molecular weight excluding hydrogens is 318 g/mol. The van der Waals surface area contributed by atoms with Crippen molar-refractivity contribution < 1.29 is 4.79 Å². The van der Waals surface area contributed by atoms with Crippen LogP contribution in [0.15, 0.2) is 30.3 Å². The van der Waals surface area contributed by atoms with Crippen LogP contribution >= 0.6 is 11.3 Å². The molecule has 1 aliphatic rings. The molecule has 0 radical (unpaired) electrons. The van der Waals surface area contributed by atoms with Gasteiger partial charge < -0.3 is 9.88 Å². The van der Waals surface area contributed by atoms with E-state index in [0.717, 1.165) is 42.3 Å². The van der Waals surface area contributed by atoms with E-state index in [2.05, 4.69) is 11.4 Å². The molecule has 2 aromatic heterocycles. The van der Waals surface area contributed by atoms with Gasteiger partial charge >= 0.3 is 0 Å². The van der Waals surface area contributed by atoms with Crippen molar-refractivity contribution in [2.24, 2.45) is 0 Å². The SMILES string of the molecule is CCn1c(C(=O)Nc2sc3c(c2C#N)CCC3)cc2ccccc21. The first-order valence-corrected chi connectivity index (χ1v) is 8.98. The Morgan fingerprint density at radius 2 is 2.21 bits per heavy atom. The highest BCUT2D eigenvalue weighted by Crippen LogP contribution is 2.38. The highest BCUT2D eigenvalue weighted by molar-refractivity contribution is 7.16. The summed E-state index contributed by atoms with van der Waals surface area (Å²) >= 11 is 1.55. The monoisotopic (exact) mass is 335 g/mol. The number of fused-ring (bicyclic) bond motifs is 2. The predicted octanol–water partition coefficient (Wildman–Crippen LogP) is 4.34. The van der Waals surface area contributed by atoms with Gasteiger partial charge in [0.2, 0.25) is 0 Å². The van der Waals surface area contributed by atoms with Gasteiger partial charge in [-0.05, 0) is 43.9 Å². The second-order valence-electron chi connectivity index (χ2n) is 5.96. The number of rotatable bonds is 3. The predicted molar refractivity (Wildman–Crippen MR) is 96.6 cm³/mol. The van der Waals surface area contributed by atoms with Crippen LogP contribution in [0.1, 0.15) is 39.8 Å². The van der Waals surface area contributed by atoms with Crippen molar-refractivity contribution in [1.82, 2.24) is 4.57 Å². The molecule has 0 aliphatic heterocycles. The van der Waals surface area contributed by atoms with Crippen molar-refractivity contribution in [1.29, 1.82) is 5.26 Å². The summed E-state index contributed by atoms with van der Waals surface area (Å²) in [7, 11) is 0. The zero-order chi connectivity index (χ0) is 16.7. The number of carbonyl (C=O) groups excluding carboxylic acids is 1. The molecule has 0 saturated carbocycles. The van der Waals surface area contributed by atoms with Crippen LogP contribution < -0.4 is 5.32 Å². The van der Waals surface area contributed by atoms with E-state index < -0.39 is 0 Å². The van der Waals surface area contributed by atoms with Crippen LogP contribution in [0.3, 0.4) is 0 Å². The fourth-order valence-corrected chi connectivity index (χ4v) is 4.75. The summed E-state index contributed by atoms with van der Waals surface area (Å²) in [6.07, 6.45) is 3.06. The summed E-state index contributed by atoms with van der Waals surface area (Å²) < 4.78 is 2.01. The number of thiophene rings is 1. The number of aromatic nitrogens is 1. The fourth-order valence-electron chi connectivity index (χ4n) is 3.52. The Hall–Kier alpha value is -2.58. The van der Waals surface area contributed by atoms with Crippen LogP contribution in [0.4, 0.5) is 5.00 Å². The van der Waals surface area contributed by atoms with Crippen LogP contribution in [0.5, 0.6) is 0 Å². The van der Waals surface area contributed by atoms with Gasteiger partial charge in [0, 0.05) is 22.3 Å². The largest absolute Gasteiger partial charge is 0.337 e. The zero-order valence-corrected chi connectivity index (χ0v) is 14.2. The molecule has 1 aliphatic carbocycles. The lowest BCUT2D eigenvalue weighted by molar-refractivity contribution is 0.101. The van der Waals surface area contributed by atoms with Crippen LogP contribution in [0.2, 0.25) is 0 Å². The lowest BCUT2D eigenvalue weighted by Crippen LogP contribution is -2.16. The first-order chi connectivity index (χ1) is 11.7. The normalized spacial score (nSPS) is 13.0. The first-order valence-electron chi connectivity index (χ1n) is 8.17. The first kappa shape index (κ1) is 15.0. The molecule has 0 saturated heterocycles. The van der Waals surface area contributed by atoms with E-state index in [4.69, 9.17) is 0 Å². The average Bonchev–Trinajstić information content (AvgIpc) is 3.26. The highest BCUT2D eigenvalue weighted by Gasteiger charge is 2.24. The number of nitriles is 1. The zero-order valence-electron chi connectivity index (χ0n) is 13.4. The second kappa shape index (κ2) is 5.81. The molecule has 4 rings (SSSR count). The van der Waals surface area contributed by atoms with Gasteiger partial charge in [-0.2, -0.15) is 5.26 Å². The van der Waals surface area contributed by atoms with Crippen molar-refractivity contribution in [2.75, 3.05) is 5.32 Å². The molecule has 2 heterocycles. The maximum absolute atomic E-state index is 12.8. The van der Waals surface area contributed by atoms with Gasteiger partial charge in [-0.3, -0.25) is 4.79 Å². The molecule has 0 atom stereocenters. The van der Waals surface area contributed by atoms with E-state index in [0.29, 0.717) is 16.3 Å². The molecule has 1 aromatic carbocycles. The molecule has 5 heteroatoms. The Balaban J connectivity index is 1.72. The number of hydrogen-bond acceptors (Lipinski definition) is 3. The number of amides is 1. The second-order valence-corrected chi connectivity index (χ2v) is 7.07. The van der Waals surface area contributed by atoms with E-state index in [-0.39, 0.29) is 5.91 Å². The number of hydrogen-bond donors (Lipinski definition) is 1. The van der Waals surface area contributed by atoms with E-state index in [9.17, 15) is 10.1 Å². The Labute approximate surface area is 144 Å². The third-order valence-electron chi connectivity index (χ3n) is 4.62. The van der Waals surface area contributed by atoms with Gasteiger partial charge in [-0.25, -0.2) is 0 Å². The number of anilines is 1. The van der Waals surface area contributed by atoms with Crippen molar-refractivity contribution in [3.05, 3.63) is 52.0 Å². The summed E-state index contributed by atoms with van der Waals surface area (Å²) in [4.78, 5) is 14.1. The van der Waals surface area contributed by atoms with Crippen molar-refractivity contribution in [2.45, 2.75) is 32.7 Å². The maximum Gasteiger partial charge on any atom is 0.272 e. The Morgan fingerprint density at radius 3 is 3.00 bits per heavy atom. The minimum atomic E-state index is -0.149. The molecule has 1 N–H and O–H groups in total. The van der Waals surface area contributed by atoms with E-state index in [1.54, 1.807) is 11.3 Å². The van der Waals surface area contributed by atoms with Gasteiger partial charge in [0.1, 0.15) is 16.8 Å². The molecule has 0 unspecified atom stereocenters. The van der Waals surface area contributed by atoms with Crippen molar-refractivity contribution in [3.8, 4) is 6.07 Å². The molecule has 1 amide bonds. The van der Waals surface area contributed by atoms with Gasteiger partial charge in [-0.1, -0.05) is 18.2 Å². The molecule has 120 valence electrons. The molecule has 0 bridgehead atoms. The molecule has 0 spiro atoms. The van der Waals surface area contributed by atoms with Crippen LogP contribution in [0, 0.1) is 11.3 Å². The van der Waals surface area contributed by atoms with Crippen LogP contribution in [-0.2, 0) is 19.4 Å². The summed E-state index contributed by atoms with van der Waals surface area (Å²) in [5.41, 5.74) is 3.48. The van der Waals surface area contributed by atoms with E-state index in [1.807, 2.05) is 41.8 Å². The van der Waals surface area contributed by atoms with Crippen molar-refractivity contribution >= 4 is 33.1 Å². The van der Waals surface area contributed by atoms with Crippen LogP contribution in [-0.4, -0.2) is 10.5 Å². The average molecular weight is 335 g/mol. The number of benzene rings is 1. The lowest BCUT2D eigenvalue weighted by Gasteiger charge is -2.08. The van der Waals surface area contributed by atoms with E-state index >= 15 is 0 Å². The number of carbonyl (C=O) groups is 1. The minimum absolute atomic E-state index is 0.149. The third kappa shape index (κ3) is 2.22. The van der Waals surface area contributed by atoms with Crippen LogP contribution in [0.25, 0.3) is 10.9 Å². The molecule has 0 fully saturated rings. The number of nitrogens with zero attached hydrogens (tertiary/aromatic N) is 2.